The van der Waals surface area contributed by atoms with Crippen LogP contribution < -0.4 is 10.6 Å². The molecular formula is C31H32F2N6O. The Hall–Kier alpha value is -3.87. The summed E-state index contributed by atoms with van der Waals surface area (Å²) >= 11 is 0. The highest BCUT2D eigenvalue weighted by Crippen LogP contribution is 2.50. The summed E-state index contributed by atoms with van der Waals surface area (Å²) < 4.78 is 30.2. The van der Waals surface area contributed by atoms with Gasteiger partial charge in [-0.25, -0.2) is 18.7 Å². The lowest BCUT2D eigenvalue weighted by molar-refractivity contribution is -0.0257. The molecule has 2 N–H and O–H groups in total. The highest BCUT2D eigenvalue weighted by atomic mass is 19.3. The summed E-state index contributed by atoms with van der Waals surface area (Å²) in [5.74, 6) is 3.45. The molecule has 2 fully saturated rings. The number of aryl methyl sites for hydroxylation is 1. The van der Waals surface area contributed by atoms with Gasteiger partial charge in [0.25, 0.3) is 11.8 Å². The first-order valence-corrected chi connectivity index (χ1v) is 13.7. The lowest BCUT2D eigenvalue weighted by Gasteiger charge is -2.36. The van der Waals surface area contributed by atoms with Crippen LogP contribution in [0.3, 0.4) is 0 Å². The molecular weight excluding hydrogens is 510 g/mol. The number of anilines is 2. The van der Waals surface area contributed by atoms with Crippen LogP contribution in [0, 0.1) is 18.8 Å². The Bertz CT molecular complexity index is 1480. The molecule has 1 saturated heterocycles. The number of carbonyl (C=O) groups is 1. The quantitative estimate of drug-likeness (QED) is 0.452. The van der Waals surface area contributed by atoms with Gasteiger partial charge in [0, 0.05) is 79.5 Å². The van der Waals surface area contributed by atoms with E-state index in [1.165, 1.54) is 6.07 Å². The van der Waals surface area contributed by atoms with Crippen LogP contribution in [-0.4, -0.2) is 64.9 Å². The third-order valence-corrected chi connectivity index (χ3v) is 7.90. The maximum absolute atomic E-state index is 15.1. The van der Waals surface area contributed by atoms with Gasteiger partial charge in [0.05, 0.1) is 5.56 Å². The second kappa shape index (κ2) is 10.6. The number of benzene rings is 2. The largest absolute Gasteiger partial charge is 0.351 e. The van der Waals surface area contributed by atoms with Crippen molar-refractivity contribution in [2.45, 2.75) is 44.2 Å². The van der Waals surface area contributed by atoms with Gasteiger partial charge in [-0.15, -0.1) is 0 Å². The number of amides is 1. The molecule has 6 rings (SSSR count). The molecule has 2 heterocycles. The predicted molar refractivity (Wildman–Crippen MR) is 151 cm³/mol. The molecule has 0 radical (unpaired) electrons. The fraction of sp³-hybridized carbons (Fsp3) is 0.387. The molecule has 9 heteroatoms. The maximum Gasteiger partial charge on any atom is 0.275 e. The normalized spacial score (nSPS) is 20.4. The van der Waals surface area contributed by atoms with Gasteiger partial charge in [-0.05, 0) is 62.2 Å². The highest BCUT2D eigenvalue weighted by Gasteiger charge is 2.47. The zero-order valence-electron chi connectivity index (χ0n) is 22.7. The molecule has 3 aliphatic rings. The zero-order chi connectivity index (χ0) is 27.9. The predicted octanol–water partition coefficient (Wildman–Crippen LogP) is 4.80. The third-order valence-electron chi connectivity index (χ3n) is 7.90. The Balaban J connectivity index is 1.16. The Labute approximate surface area is 233 Å². The number of nitrogens with one attached hydrogen (secondary N) is 2. The van der Waals surface area contributed by atoms with E-state index in [0.29, 0.717) is 39.9 Å². The number of hydrogen-bond donors (Lipinski definition) is 2. The molecule has 3 aromatic rings. The lowest BCUT2D eigenvalue weighted by Crippen LogP contribution is -2.45. The van der Waals surface area contributed by atoms with Gasteiger partial charge in [0.1, 0.15) is 0 Å². The van der Waals surface area contributed by atoms with Crippen molar-refractivity contribution in [2.24, 2.45) is 0 Å². The minimum atomic E-state index is -2.94. The molecule has 206 valence electrons. The number of nitrogens with zero attached hydrogens (tertiary/aromatic N) is 4. The summed E-state index contributed by atoms with van der Waals surface area (Å²) in [7, 11) is 2.05. The molecule has 2 aromatic carbocycles. The van der Waals surface area contributed by atoms with Gasteiger partial charge in [0.2, 0.25) is 5.95 Å². The average molecular weight is 543 g/mol. The van der Waals surface area contributed by atoms with Gasteiger partial charge in [-0.1, -0.05) is 24.0 Å². The zero-order valence-corrected chi connectivity index (χ0v) is 22.7. The molecule has 1 aromatic heterocycles. The molecule has 2 aliphatic carbocycles. The summed E-state index contributed by atoms with van der Waals surface area (Å²) in [5, 5.41) is 6.05. The van der Waals surface area contributed by atoms with Crippen molar-refractivity contribution >= 4 is 17.5 Å². The number of alkyl halides is 2. The number of piperazine rings is 1. The van der Waals surface area contributed by atoms with Crippen molar-refractivity contribution in [3.8, 4) is 11.8 Å². The van der Waals surface area contributed by atoms with Crippen molar-refractivity contribution < 1.29 is 13.6 Å². The lowest BCUT2D eigenvalue weighted by atomic mass is 10.0. The standard InChI is InChI=1S/C31H32F2N6O/c1-20-3-5-23(15-22(20)6-4-21-18-34-30(35-19-21)37-24-7-8-24)29(40)36-25-9-10-26-27(16-25)31(32,33)17-28(26)39-13-11-38(2)12-14-39/h3,5,9-10,15-16,18-19,24,28H,7-8,11-14,17H2,1-2H3,(H,36,40)(H,34,35,37)/t28-/m1/s1. The number of carbonyl (C=O) groups excluding carboxylic acids is 1. The first-order chi connectivity index (χ1) is 19.2. The van der Waals surface area contributed by atoms with E-state index in [2.05, 4.69) is 42.2 Å². The summed E-state index contributed by atoms with van der Waals surface area (Å²) in [6.45, 7) is 5.19. The van der Waals surface area contributed by atoms with Crippen LogP contribution in [0.4, 0.5) is 20.4 Å². The third kappa shape index (κ3) is 5.69. The van der Waals surface area contributed by atoms with Crippen molar-refractivity contribution in [1.82, 2.24) is 19.8 Å². The Kier molecular flexibility index (Phi) is 6.99. The van der Waals surface area contributed by atoms with Crippen LogP contribution >= 0.6 is 0 Å². The number of hydrogen-bond acceptors (Lipinski definition) is 6. The van der Waals surface area contributed by atoms with E-state index in [1.807, 2.05) is 20.0 Å². The number of rotatable bonds is 5. The average Bonchev–Trinajstić information content (AvgIpc) is 3.72. The van der Waals surface area contributed by atoms with Gasteiger partial charge in [0.15, 0.2) is 0 Å². The minimum absolute atomic E-state index is 0.00487. The molecule has 1 atom stereocenters. The van der Waals surface area contributed by atoms with Crippen molar-refractivity contribution in [1.29, 1.82) is 0 Å². The van der Waals surface area contributed by atoms with Crippen LogP contribution in [0.1, 0.15) is 63.5 Å². The smallest absolute Gasteiger partial charge is 0.275 e. The number of halogens is 2. The fourth-order valence-corrected chi connectivity index (χ4v) is 5.28. The van der Waals surface area contributed by atoms with E-state index < -0.39 is 5.92 Å². The highest BCUT2D eigenvalue weighted by molar-refractivity contribution is 6.04. The van der Waals surface area contributed by atoms with E-state index in [-0.39, 0.29) is 23.9 Å². The van der Waals surface area contributed by atoms with E-state index >= 15 is 8.78 Å². The van der Waals surface area contributed by atoms with Gasteiger partial charge in [-0.2, -0.15) is 0 Å². The Morgan fingerprint density at radius 1 is 1.02 bits per heavy atom. The summed E-state index contributed by atoms with van der Waals surface area (Å²) in [4.78, 5) is 26.1. The summed E-state index contributed by atoms with van der Waals surface area (Å²) in [6, 6.07) is 10.3. The van der Waals surface area contributed by atoms with Gasteiger partial charge < -0.3 is 15.5 Å². The van der Waals surface area contributed by atoms with Crippen molar-refractivity contribution in [3.63, 3.8) is 0 Å². The number of aromatic nitrogens is 2. The minimum Gasteiger partial charge on any atom is -0.351 e. The fourth-order valence-electron chi connectivity index (χ4n) is 5.28. The second-order valence-corrected chi connectivity index (χ2v) is 11.0. The van der Waals surface area contributed by atoms with Crippen LogP contribution in [-0.2, 0) is 5.92 Å². The van der Waals surface area contributed by atoms with Crippen molar-refractivity contribution in [3.05, 3.63) is 82.2 Å². The number of fused-ring (bicyclic) bond motifs is 1. The molecule has 1 saturated carbocycles. The molecule has 1 amide bonds. The van der Waals surface area contributed by atoms with E-state index in [4.69, 9.17) is 0 Å². The Morgan fingerprint density at radius 3 is 2.50 bits per heavy atom. The Morgan fingerprint density at radius 2 is 1.77 bits per heavy atom. The van der Waals surface area contributed by atoms with E-state index in [1.54, 1.807) is 36.7 Å². The van der Waals surface area contributed by atoms with E-state index in [9.17, 15) is 4.79 Å². The topological polar surface area (TPSA) is 73.4 Å². The summed E-state index contributed by atoms with van der Waals surface area (Å²) in [6.07, 6.45) is 5.41. The molecule has 7 nitrogen and oxygen atoms in total. The molecule has 0 unspecified atom stereocenters. The van der Waals surface area contributed by atoms with Crippen LogP contribution in [0.25, 0.3) is 0 Å². The molecule has 40 heavy (non-hydrogen) atoms. The van der Waals surface area contributed by atoms with Crippen LogP contribution in [0.2, 0.25) is 0 Å². The van der Waals surface area contributed by atoms with Gasteiger partial charge in [-0.3, -0.25) is 9.69 Å². The van der Waals surface area contributed by atoms with Crippen LogP contribution in [0.15, 0.2) is 48.8 Å². The first kappa shape index (κ1) is 26.4. The summed E-state index contributed by atoms with van der Waals surface area (Å²) in [5.41, 5.74) is 3.70. The maximum atomic E-state index is 15.1. The molecule has 0 bridgehead atoms. The monoisotopic (exact) mass is 542 g/mol. The SMILES string of the molecule is Cc1ccc(C(=O)Nc2ccc3c(c2)C(F)(F)C[C@H]3N2CCN(C)CC2)cc1C#Cc1cnc(NC2CC2)nc1. The van der Waals surface area contributed by atoms with Crippen LogP contribution in [0.5, 0.6) is 0 Å². The van der Waals surface area contributed by atoms with E-state index in [0.717, 1.165) is 44.6 Å². The van der Waals surface area contributed by atoms with Crippen molar-refractivity contribution in [2.75, 3.05) is 43.9 Å². The first-order valence-electron chi connectivity index (χ1n) is 13.7. The molecule has 0 spiro atoms. The van der Waals surface area contributed by atoms with Gasteiger partial charge >= 0.3 is 0 Å². The molecule has 1 aliphatic heterocycles. The number of likely N-dealkylation sites (N-methyl/N-ethyl adjacent to an activating group) is 1. The second-order valence-electron chi connectivity index (χ2n) is 11.0.